The molecule has 0 amide bonds. The third-order valence-corrected chi connectivity index (χ3v) is 4.15. The van der Waals surface area contributed by atoms with Gasteiger partial charge in [0, 0.05) is 11.8 Å². The van der Waals surface area contributed by atoms with Gasteiger partial charge in [-0.1, -0.05) is 37.1 Å². The van der Waals surface area contributed by atoms with Gasteiger partial charge in [-0.2, -0.15) is 0 Å². The van der Waals surface area contributed by atoms with E-state index >= 15 is 0 Å². The van der Waals surface area contributed by atoms with Crippen molar-refractivity contribution >= 4 is 5.97 Å². The van der Waals surface area contributed by atoms with Crippen LogP contribution in [0.25, 0.3) is 0 Å². The van der Waals surface area contributed by atoms with E-state index in [-0.39, 0.29) is 30.5 Å². The molecule has 0 saturated carbocycles. The number of esters is 1. The second-order valence-electron chi connectivity index (χ2n) is 5.79. The smallest absolute Gasteiger partial charge is 0.306 e. The first-order valence-electron chi connectivity index (χ1n) is 7.64. The van der Waals surface area contributed by atoms with Crippen molar-refractivity contribution in [3.63, 3.8) is 0 Å². The molecule has 2 N–H and O–H groups in total. The standard InChI is InChI=1S/C20H20O4/c1-3-14-24-19(23)12-13-20(2,15-4-8-17(21)9-5-15)16-6-10-18(22)11-7-16/h1,4-11,21-22H,12-14H2,2H3. The quantitative estimate of drug-likeness (QED) is 0.631. The van der Waals surface area contributed by atoms with Crippen LogP contribution < -0.4 is 0 Å². The van der Waals surface area contributed by atoms with Gasteiger partial charge < -0.3 is 14.9 Å². The highest BCUT2D eigenvalue weighted by molar-refractivity contribution is 5.70. The normalized spacial score (nSPS) is 10.8. The highest BCUT2D eigenvalue weighted by atomic mass is 16.5. The zero-order chi connectivity index (χ0) is 17.6. The SMILES string of the molecule is C#CCOC(=O)CCC(C)(c1ccc(O)cc1)c1ccc(O)cc1. The first-order valence-corrected chi connectivity index (χ1v) is 7.64. The van der Waals surface area contributed by atoms with E-state index in [1.807, 2.05) is 31.2 Å². The number of aromatic hydroxyl groups is 2. The maximum absolute atomic E-state index is 11.8. The molecule has 0 saturated heterocycles. The highest BCUT2D eigenvalue weighted by Crippen LogP contribution is 2.37. The van der Waals surface area contributed by atoms with Crippen LogP contribution in [0.3, 0.4) is 0 Å². The zero-order valence-corrected chi connectivity index (χ0v) is 13.5. The van der Waals surface area contributed by atoms with Gasteiger partial charge >= 0.3 is 5.97 Å². The molecule has 0 atom stereocenters. The topological polar surface area (TPSA) is 66.8 Å². The molecule has 0 aromatic heterocycles. The number of ether oxygens (including phenoxy) is 1. The molecular formula is C20H20O4. The number of carbonyl (C=O) groups is 1. The Balaban J connectivity index is 2.30. The summed E-state index contributed by atoms with van der Waals surface area (Å²) in [5.74, 6) is 2.28. The van der Waals surface area contributed by atoms with E-state index in [0.717, 1.165) is 11.1 Å². The number of phenols is 2. The average Bonchev–Trinajstić information content (AvgIpc) is 2.59. The monoisotopic (exact) mass is 324 g/mol. The summed E-state index contributed by atoms with van der Waals surface area (Å²) in [4.78, 5) is 11.8. The van der Waals surface area contributed by atoms with Crippen molar-refractivity contribution in [1.82, 2.24) is 0 Å². The van der Waals surface area contributed by atoms with Gasteiger partial charge in [-0.25, -0.2) is 0 Å². The first kappa shape index (κ1) is 17.4. The minimum atomic E-state index is -0.476. The molecule has 0 heterocycles. The number of phenolic OH excluding ortho intramolecular Hbond substituents is 2. The Morgan fingerprint density at radius 1 is 1.04 bits per heavy atom. The van der Waals surface area contributed by atoms with Crippen LogP contribution in [0.5, 0.6) is 11.5 Å². The third kappa shape index (κ3) is 4.08. The summed E-state index contributed by atoms with van der Waals surface area (Å²) in [6, 6.07) is 13.8. The lowest BCUT2D eigenvalue weighted by atomic mass is 9.73. The molecule has 0 bridgehead atoms. The van der Waals surface area contributed by atoms with Crippen LogP contribution in [0.15, 0.2) is 48.5 Å². The van der Waals surface area contributed by atoms with Crippen LogP contribution in [-0.2, 0) is 14.9 Å². The van der Waals surface area contributed by atoms with Crippen molar-refractivity contribution in [2.24, 2.45) is 0 Å². The van der Waals surface area contributed by atoms with Crippen LogP contribution in [0, 0.1) is 12.3 Å². The van der Waals surface area contributed by atoms with Gasteiger partial charge in [-0.15, -0.1) is 6.42 Å². The fourth-order valence-electron chi connectivity index (χ4n) is 2.66. The van der Waals surface area contributed by atoms with Crippen molar-refractivity contribution in [2.45, 2.75) is 25.2 Å². The van der Waals surface area contributed by atoms with Crippen molar-refractivity contribution < 1.29 is 19.7 Å². The number of carbonyl (C=O) groups excluding carboxylic acids is 1. The molecule has 0 aliphatic rings. The van der Waals surface area contributed by atoms with Crippen LogP contribution in [0.4, 0.5) is 0 Å². The molecule has 0 spiro atoms. The number of benzene rings is 2. The summed E-state index contributed by atoms with van der Waals surface area (Å²) in [7, 11) is 0. The molecule has 0 aliphatic carbocycles. The molecule has 4 heteroatoms. The van der Waals surface area contributed by atoms with Gasteiger partial charge in [0.15, 0.2) is 6.61 Å². The first-order chi connectivity index (χ1) is 11.5. The van der Waals surface area contributed by atoms with Crippen molar-refractivity contribution in [1.29, 1.82) is 0 Å². The Bertz CT molecular complexity index is 678. The maximum Gasteiger partial charge on any atom is 0.306 e. The largest absolute Gasteiger partial charge is 0.508 e. The molecule has 0 fully saturated rings. The van der Waals surface area contributed by atoms with Crippen molar-refractivity contribution in [3.05, 3.63) is 59.7 Å². The fraction of sp³-hybridized carbons (Fsp3) is 0.250. The molecule has 24 heavy (non-hydrogen) atoms. The van der Waals surface area contributed by atoms with E-state index < -0.39 is 5.41 Å². The summed E-state index contributed by atoms with van der Waals surface area (Å²) < 4.78 is 4.94. The summed E-state index contributed by atoms with van der Waals surface area (Å²) in [6.45, 7) is 1.98. The predicted octanol–water partition coefficient (Wildman–Crippen LogP) is 3.36. The number of terminal acetylenes is 1. The van der Waals surface area contributed by atoms with Gasteiger partial charge in [0.25, 0.3) is 0 Å². The molecule has 124 valence electrons. The van der Waals surface area contributed by atoms with E-state index in [1.165, 1.54) is 0 Å². The van der Waals surface area contributed by atoms with E-state index in [4.69, 9.17) is 11.2 Å². The van der Waals surface area contributed by atoms with Crippen LogP contribution in [0.2, 0.25) is 0 Å². The molecule has 0 aliphatic heterocycles. The van der Waals surface area contributed by atoms with Crippen molar-refractivity contribution in [2.75, 3.05) is 6.61 Å². The van der Waals surface area contributed by atoms with E-state index in [1.54, 1.807) is 24.3 Å². The Hall–Kier alpha value is -2.93. The van der Waals surface area contributed by atoms with Gasteiger partial charge in [0.2, 0.25) is 0 Å². The minimum absolute atomic E-state index is 0.0338. The lowest BCUT2D eigenvalue weighted by Crippen LogP contribution is -2.25. The molecule has 2 rings (SSSR count). The summed E-state index contributed by atoms with van der Waals surface area (Å²) in [5.41, 5.74) is 1.43. The summed E-state index contributed by atoms with van der Waals surface area (Å²) in [5, 5.41) is 19.0. The average molecular weight is 324 g/mol. The second-order valence-corrected chi connectivity index (χ2v) is 5.79. The third-order valence-electron chi connectivity index (χ3n) is 4.15. The fourth-order valence-corrected chi connectivity index (χ4v) is 2.66. The molecule has 4 nitrogen and oxygen atoms in total. The van der Waals surface area contributed by atoms with Gasteiger partial charge in [0.05, 0.1) is 0 Å². The summed E-state index contributed by atoms with van der Waals surface area (Å²) >= 11 is 0. The Morgan fingerprint density at radius 3 is 1.92 bits per heavy atom. The minimum Gasteiger partial charge on any atom is -0.508 e. The Morgan fingerprint density at radius 2 is 1.50 bits per heavy atom. The van der Waals surface area contributed by atoms with Gasteiger partial charge in [-0.05, 0) is 41.8 Å². The number of hydrogen-bond acceptors (Lipinski definition) is 4. The van der Waals surface area contributed by atoms with E-state index in [9.17, 15) is 15.0 Å². The predicted molar refractivity (Wildman–Crippen MR) is 91.7 cm³/mol. The molecule has 0 radical (unpaired) electrons. The Labute approximate surface area is 141 Å². The van der Waals surface area contributed by atoms with Crippen LogP contribution in [-0.4, -0.2) is 22.8 Å². The molecule has 2 aromatic rings. The van der Waals surface area contributed by atoms with Crippen LogP contribution >= 0.6 is 0 Å². The lowest BCUT2D eigenvalue weighted by Gasteiger charge is -2.31. The van der Waals surface area contributed by atoms with E-state index in [0.29, 0.717) is 6.42 Å². The molecule has 2 aromatic carbocycles. The van der Waals surface area contributed by atoms with E-state index in [2.05, 4.69) is 5.92 Å². The Kier molecular flexibility index (Phi) is 5.49. The van der Waals surface area contributed by atoms with Gasteiger partial charge in [-0.3, -0.25) is 4.79 Å². The lowest BCUT2D eigenvalue weighted by molar-refractivity contribution is -0.142. The van der Waals surface area contributed by atoms with Crippen LogP contribution in [0.1, 0.15) is 30.9 Å². The number of rotatable bonds is 6. The molecular weight excluding hydrogens is 304 g/mol. The second kappa shape index (κ2) is 7.56. The van der Waals surface area contributed by atoms with Crippen molar-refractivity contribution in [3.8, 4) is 23.8 Å². The van der Waals surface area contributed by atoms with Gasteiger partial charge in [0.1, 0.15) is 11.5 Å². The number of hydrogen-bond donors (Lipinski definition) is 2. The summed E-state index contributed by atoms with van der Waals surface area (Å²) in [6.07, 6.45) is 5.81. The highest BCUT2D eigenvalue weighted by Gasteiger charge is 2.30. The zero-order valence-electron chi connectivity index (χ0n) is 13.5. The maximum atomic E-state index is 11.8. The molecule has 0 unspecified atom stereocenters.